The van der Waals surface area contributed by atoms with Crippen LogP contribution < -0.4 is 5.32 Å². The minimum atomic E-state index is 0.545. The fraction of sp³-hybridized carbons (Fsp3) is 1.00. The van der Waals surface area contributed by atoms with Crippen molar-refractivity contribution in [2.24, 2.45) is 11.3 Å². The smallest absolute Gasteiger partial charge is 0.00471 e. The van der Waals surface area contributed by atoms with Gasteiger partial charge in [-0.05, 0) is 51.2 Å². The number of nitrogens with one attached hydrogen (secondary N) is 1. The zero-order valence-electron chi connectivity index (χ0n) is 12.4. The van der Waals surface area contributed by atoms with Crippen LogP contribution in [0.3, 0.4) is 0 Å². The standard InChI is InChI=1S/C15H32N2/c1-5-6-11-17(4)13-15(12-16-3)9-7-14(2)8-10-15/h14,16H,5-13H2,1-4H3. The van der Waals surface area contributed by atoms with Crippen molar-refractivity contribution in [3.8, 4) is 0 Å². The van der Waals surface area contributed by atoms with Gasteiger partial charge in [0, 0.05) is 13.1 Å². The summed E-state index contributed by atoms with van der Waals surface area (Å²) in [7, 11) is 4.40. The number of rotatable bonds is 7. The maximum absolute atomic E-state index is 3.43. The monoisotopic (exact) mass is 240 g/mol. The second-order valence-corrected chi connectivity index (χ2v) is 6.30. The summed E-state index contributed by atoms with van der Waals surface area (Å²) in [6, 6.07) is 0. The highest BCUT2D eigenvalue weighted by Crippen LogP contribution is 2.38. The summed E-state index contributed by atoms with van der Waals surface area (Å²) < 4.78 is 0. The molecule has 0 saturated heterocycles. The molecule has 0 atom stereocenters. The Morgan fingerprint density at radius 1 is 1.29 bits per heavy atom. The average molecular weight is 240 g/mol. The van der Waals surface area contributed by atoms with Crippen molar-refractivity contribution in [1.29, 1.82) is 0 Å². The summed E-state index contributed by atoms with van der Waals surface area (Å²) >= 11 is 0. The third-order valence-corrected chi connectivity index (χ3v) is 4.39. The van der Waals surface area contributed by atoms with Gasteiger partial charge in [-0.1, -0.05) is 33.1 Å². The second kappa shape index (κ2) is 7.38. The summed E-state index contributed by atoms with van der Waals surface area (Å²) in [5.41, 5.74) is 0.545. The summed E-state index contributed by atoms with van der Waals surface area (Å²) in [6.07, 6.45) is 8.30. The molecule has 0 aliphatic heterocycles. The molecule has 0 bridgehead atoms. The van der Waals surface area contributed by atoms with E-state index >= 15 is 0 Å². The molecule has 1 aliphatic rings. The van der Waals surface area contributed by atoms with Crippen LogP contribution in [0.5, 0.6) is 0 Å². The lowest BCUT2D eigenvalue weighted by molar-refractivity contribution is 0.100. The van der Waals surface area contributed by atoms with Crippen molar-refractivity contribution >= 4 is 0 Å². The molecule has 1 aliphatic carbocycles. The Labute approximate surface area is 108 Å². The molecule has 0 aromatic heterocycles. The van der Waals surface area contributed by atoms with Crippen molar-refractivity contribution in [3.63, 3.8) is 0 Å². The van der Waals surface area contributed by atoms with Crippen molar-refractivity contribution in [3.05, 3.63) is 0 Å². The molecular weight excluding hydrogens is 208 g/mol. The van der Waals surface area contributed by atoms with Crippen LogP contribution in [-0.2, 0) is 0 Å². The SMILES string of the molecule is CCCCN(C)CC1(CNC)CCC(C)CC1. The largest absolute Gasteiger partial charge is 0.319 e. The highest BCUT2D eigenvalue weighted by molar-refractivity contribution is 4.88. The van der Waals surface area contributed by atoms with Crippen molar-refractivity contribution in [1.82, 2.24) is 10.2 Å². The minimum Gasteiger partial charge on any atom is -0.319 e. The van der Waals surface area contributed by atoms with Crippen LogP contribution in [-0.4, -0.2) is 38.6 Å². The lowest BCUT2D eigenvalue weighted by atomic mass is 9.70. The fourth-order valence-corrected chi connectivity index (χ4v) is 3.22. The van der Waals surface area contributed by atoms with Crippen molar-refractivity contribution in [2.45, 2.75) is 52.4 Å². The molecule has 1 rings (SSSR count). The van der Waals surface area contributed by atoms with Gasteiger partial charge in [-0.3, -0.25) is 0 Å². The summed E-state index contributed by atoms with van der Waals surface area (Å²) in [5.74, 6) is 0.945. The molecule has 1 N–H and O–H groups in total. The van der Waals surface area contributed by atoms with E-state index in [1.807, 2.05) is 0 Å². The third-order valence-electron chi connectivity index (χ3n) is 4.39. The number of nitrogens with zero attached hydrogens (tertiary/aromatic N) is 1. The van der Waals surface area contributed by atoms with Gasteiger partial charge in [0.15, 0.2) is 0 Å². The van der Waals surface area contributed by atoms with Crippen LogP contribution in [0.2, 0.25) is 0 Å². The first kappa shape index (κ1) is 15.0. The summed E-state index contributed by atoms with van der Waals surface area (Å²) in [5, 5.41) is 3.43. The van der Waals surface area contributed by atoms with Gasteiger partial charge in [0.05, 0.1) is 0 Å². The first-order valence-electron chi connectivity index (χ1n) is 7.45. The van der Waals surface area contributed by atoms with E-state index in [0.29, 0.717) is 5.41 Å². The molecule has 0 spiro atoms. The van der Waals surface area contributed by atoms with E-state index in [9.17, 15) is 0 Å². The number of unbranched alkanes of at least 4 members (excludes halogenated alkanes) is 1. The lowest BCUT2D eigenvalue weighted by Gasteiger charge is -2.42. The topological polar surface area (TPSA) is 15.3 Å². The van der Waals surface area contributed by atoms with Gasteiger partial charge >= 0.3 is 0 Å². The zero-order chi connectivity index (χ0) is 12.7. The molecule has 102 valence electrons. The molecule has 0 unspecified atom stereocenters. The summed E-state index contributed by atoms with van der Waals surface area (Å²) in [6.45, 7) is 8.41. The Bertz CT molecular complexity index is 195. The normalized spacial score (nSPS) is 29.8. The average Bonchev–Trinajstić information content (AvgIpc) is 2.31. The van der Waals surface area contributed by atoms with E-state index in [2.05, 4.69) is 38.2 Å². The van der Waals surface area contributed by atoms with Gasteiger partial charge in [-0.15, -0.1) is 0 Å². The molecule has 1 fully saturated rings. The Morgan fingerprint density at radius 3 is 2.47 bits per heavy atom. The molecule has 0 radical (unpaired) electrons. The number of hydrogen-bond acceptors (Lipinski definition) is 2. The first-order chi connectivity index (χ1) is 8.12. The van der Waals surface area contributed by atoms with Crippen molar-refractivity contribution < 1.29 is 0 Å². The molecular formula is C15H32N2. The van der Waals surface area contributed by atoms with E-state index in [-0.39, 0.29) is 0 Å². The first-order valence-corrected chi connectivity index (χ1v) is 7.45. The fourth-order valence-electron chi connectivity index (χ4n) is 3.22. The molecule has 0 aromatic carbocycles. The highest BCUT2D eigenvalue weighted by atomic mass is 15.1. The van der Waals surface area contributed by atoms with E-state index in [4.69, 9.17) is 0 Å². The van der Waals surface area contributed by atoms with E-state index in [1.165, 1.54) is 58.2 Å². The predicted molar refractivity (Wildman–Crippen MR) is 76.4 cm³/mol. The van der Waals surface area contributed by atoms with Crippen LogP contribution in [0.25, 0.3) is 0 Å². The van der Waals surface area contributed by atoms with Gasteiger partial charge < -0.3 is 10.2 Å². The van der Waals surface area contributed by atoms with Gasteiger partial charge in [0.1, 0.15) is 0 Å². The third kappa shape index (κ3) is 4.97. The molecule has 2 heteroatoms. The van der Waals surface area contributed by atoms with Crippen molar-refractivity contribution in [2.75, 3.05) is 33.7 Å². The van der Waals surface area contributed by atoms with Gasteiger partial charge in [-0.25, -0.2) is 0 Å². The molecule has 17 heavy (non-hydrogen) atoms. The summed E-state index contributed by atoms with van der Waals surface area (Å²) in [4.78, 5) is 2.55. The molecule has 0 aromatic rings. The quantitative estimate of drug-likeness (QED) is 0.735. The lowest BCUT2D eigenvalue weighted by Crippen LogP contribution is -2.44. The number of hydrogen-bond donors (Lipinski definition) is 1. The molecule has 0 amide bonds. The van der Waals surface area contributed by atoms with Crippen LogP contribution in [0.4, 0.5) is 0 Å². The van der Waals surface area contributed by atoms with Gasteiger partial charge in [-0.2, -0.15) is 0 Å². The van der Waals surface area contributed by atoms with Crippen LogP contribution in [0.1, 0.15) is 52.4 Å². The van der Waals surface area contributed by atoms with Crippen LogP contribution in [0, 0.1) is 11.3 Å². The Balaban J connectivity index is 2.46. The molecule has 1 saturated carbocycles. The minimum absolute atomic E-state index is 0.545. The zero-order valence-corrected chi connectivity index (χ0v) is 12.4. The predicted octanol–water partition coefficient (Wildman–Crippen LogP) is 3.13. The highest BCUT2D eigenvalue weighted by Gasteiger charge is 2.34. The Kier molecular flexibility index (Phi) is 6.50. The van der Waals surface area contributed by atoms with E-state index in [0.717, 1.165) is 5.92 Å². The molecule has 2 nitrogen and oxygen atoms in total. The van der Waals surface area contributed by atoms with Gasteiger partial charge in [0.2, 0.25) is 0 Å². The maximum Gasteiger partial charge on any atom is 0.00471 e. The Hall–Kier alpha value is -0.0800. The van der Waals surface area contributed by atoms with Crippen LogP contribution in [0.15, 0.2) is 0 Å². The van der Waals surface area contributed by atoms with E-state index in [1.54, 1.807) is 0 Å². The molecule has 0 heterocycles. The second-order valence-electron chi connectivity index (χ2n) is 6.30. The van der Waals surface area contributed by atoms with E-state index < -0.39 is 0 Å². The maximum atomic E-state index is 3.43. The Morgan fingerprint density at radius 2 is 1.94 bits per heavy atom. The van der Waals surface area contributed by atoms with Crippen LogP contribution >= 0.6 is 0 Å². The van der Waals surface area contributed by atoms with Gasteiger partial charge in [0.25, 0.3) is 0 Å².